The number of rotatable bonds is 3. The molecule has 0 radical (unpaired) electrons. The van der Waals surface area contributed by atoms with E-state index in [4.69, 9.17) is 8.83 Å². The van der Waals surface area contributed by atoms with Crippen LogP contribution in [0.15, 0.2) is 55.1 Å². The van der Waals surface area contributed by atoms with E-state index in [1.807, 2.05) is 20.8 Å². The van der Waals surface area contributed by atoms with Crippen molar-refractivity contribution in [3.63, 3.8) is 0 Å². The normalized spacial score (nSPS) is 12.1. The summed E-state index contributed by atoms with van der Waals surface area (Å²) in [5.74, 6) is 1.80. The first-order chi connectivity index (χ1) is 15.4. The number of nitrogens with one attached hydrogen (secondary N) is 2. The molecule has 2 aromatic carbocycles. The first-order valence-electron chi connectivity index (χ1n) is 10.3. The van der Waals surface area contributed by atoms with Crippen molar-refractivity contribution in [3.05, 3.63) is 69.1 Å². The smallest absolute Gasteiger partial charge is 0.344 e. The van der Waals surface area contributed by atoms with Crippen molar-refractivity contribution in [2.24, 2.45) is 0 Å². The van der Waals surface area contributed by atoms with Gasteiger partial charge in [-0.15, -0.1) is 0 Å². The second-order valence-corrected chi connectivity index (χ2v) is 8.29. The van der Waals surface area contributed by atoms with Gasteiger partial charge < -0.3 is 18.8 Å². The van der Waals surface area contributed by atoms with E-state index in [9.17, 15) is 9.59 Å². The van der Waals surface area contributed by atoms with Gasteiger partial charge in [-0.2, -0.15) is 0 Å². The summed E-state index contributed by atoms with van der Waals surface area (Å²) >= 11 is 0. The van der Waals surface area contributed by atoms with Gasteiger partial charge in [0.1, 0.15) is 22.8 Å². The zero-order valence-electron chi connectivity index (χ0n) is 17.6. The third kappa shape index (κ3) is 2.62. The lowest BCUT2D eigenvalue weighted by atomic mass is 9.98. The lowest BCUT2D eigenvalue weighted by molar-refractivity contribution is 0.560. The summed E-state index contributed by atoms with van der Waals surface area (Å²) in [7, 11) is 0. The molecular formula is C24H18N4O4. The zero-order valence-corrected chi connectivity index (χ0v) is 17.6. The predicted octanol–water partition coefficient (Wildman–Crippen LogP) is 4.70. The first kappa shape index (κ1) is 18.6. The molecule has 6 rings (SSSR count). The molecule has 0 fully saturated rings. The number of hydrogen-bond donors (Lipinski definition) is 2. The van der Waals surface area contributed by atoms with Crippen LogP contribution in [0.4, 0.5) is 0 Å². The average molecular weight is 426 g/mol. The lowest BCUT2D eigenvalue weighted by Crippen LogP contribution is -2.07. The van der Waals surface area contributed by atoms with Crippen LogP contribution in [0.5, 0.6) is 0 Å². The number of aryl methyl sites for hydroxylation is 1. The fourth-order valence-corrected chi connectivity index (χ4v) is 4.19. The molecule has 0 bridgehead atoms. The Bertz CT molecular complexity index is 1770. The number of nitrogens with zero attached hydrogens (tertiary/aromatic N) is 2. The summed E-state index contributed by atoms with van der Waals surface area (Å²) in [6.45, 7) is 5.91. The van der Waals surface area contributed by atoms with Crippen LogP contribution in [-0.2, 0) is 0 Å². The summed E-state index contributed by atoms with van der Waals surface area (Å²) in [4.78, 5) is 40.9. The van der Waals surface area contributed by atoms with Crippen LogP contribution in [0.25, 0.3) is 55.2 Å². The monoisotopic (exact) mass is 426 g/mol. The highest BCUT2D eigenvalue weighted by molar-refractivity contribution is 6.20. The maximum Gasteiger partial charge on any atom is 0.344 e. The van der Waals surface area contributed by atoms with Crippen molar-refractivity contribution < 1.29 is 8.83 Å². The third-order valence-electron chi connectivity index (χ3n) is 5.77. The molecule has 0 amide bonds. The van der Waals surface area contributed by atoms with E-state index in [2.05, 4.69) is 19.9 Å². The van der Waals surface area contributed by atoms with Gasteiger partial charge in [0.2, 0.25) is 0 Å². The van der Waals surface area contributed by atoms with Crippen molar-refractivity contribution in [1.82, 2.24) is 19.9 Å². The first-order valence-corrected chi connectivity index (χ1v) is 10.3. The topological polar surface area (TPSA) is 118 Å². The van der Waals surface area contributed by atoms with Crippen LogP contribution in [0.3, 0.4) is 0 Å². The summed E-state index contributed by atoms with van der Waals surface area (Å²) in [6, 6.07) is 6.98. The van der Waals surface area contributed by atoms with Crippen molar-refractivity contribution in [1.29, 1.82) is 0 Å². The van der Waals surface area contributed by atoms with Crippen molar-refractivity contribution in [2.45, 2.75) is 26.7 Å². The van der Waals surface area contributed by atoms with Crippen molar-refractivity contribution >= 4 is 32.7 Å². The molecule has 8 heteroatoms. The molecule has 4 heterocycles. The van der Waals surface area contributed by atoms with Gasteiger partial charge in [-0.25, -0.2) is 19.6 Å². The Morgan fingerprint density at radius 1 is 0.781 bits per heavy atom. The average Bonchev–Trinajstić information content (AvgIpc) is 3.42. The molecule has 4 aromatic heterocycles. The molecular weight excluding hydrogens is 408 g/mol. The Morgan fingerprint density at radius 3 is 1.78 bits per heavy atom. The number of hydrogen-bond acceptors (Lipinski definition) is 6. The molecule has 32 heavy (non-hydrogen) atoms. The van der Waals surface area contributed by atoms with Crippen molar-refractivity contribution in [3.8, 4) is 22.5 Å². The van der Waals surface area contributed by atoms with Gasteiger partial charge in [0, 0.05) is 27.8 Å². The minimum atomic E-state index is -0.500. The minimum absolute atomic E-state index is 0.227. The van der Waals surface area contributed by atoms with Crippen LogP contribution in [0.2, 0.25) is 0 Å². The van der Waals surface area contributed by atoms with Crippen LogP contribution >= 0.6 is 0 Å². The summed E-state index contributed by atoms with van der Waals surface area (Å²) in [5, 5.41) is 1.85. The summed E-state index contributed by atoms with van der Waals surface area (Å²) in [5.41, 5.74) is 2.50. The van der Waals surface area contributed by atoms with Crippen LogP contribution in [0.1, 0.15) is 31.4 Å². The molecule has 158 valence electrons. The highest BCUT2D eigenvalue weighted by Crippen LogP contribution is 2.36. The maximum atomic E-state index is 13.0. The number of H-pyrrole nitrogens is 2. The summed E-state index contributed by atoms with van der Waals surface area (Å²) in [6.07, 6.45) is 3.38. The summed E-state index contributed by atoms with van der Waals surface area (Å²) < 4.78 is 11.4. The molecule has 0 aliphatic carbocycles. The Balaban J connectivity index is 1.68. The van der Waals surface area contributed by atoms with E-state index < -0.39 is 11.3 Å². The highest BCUT2D eigenvalue weighted by Gasteiger charge is 2.20. The van der Waals surface area contributed by atoms with E-state index in [1.165, 1.54) is 0 Å². The largest absolute Gasteiger partial charge is 0.422 e. The van der Waals surface area contributed by atoms with Gasteiger partial charge >= 0.3 is 11.3 Å². The zero-order chi connectivity index (χ0) is 22.1. The molecule has 0 aliphatic heterocycles. The maximum absolute atomic E-state index is 13.0. The minimum Gasteiger partial charge on any atom is -0.422 e. The lowest BCUT2D eigenvalue weighted by Gasteiger charge is -2.10. The molecule has 0 saturated heterocycles. The van der Waals surface area contributed by atoms with E-state index in [-0.39, 0.29) is 5.92 Å². The molecule has 0 atom stereocenters. The van der Waals surface area contributed by atoms with Gasteiger partial charge in [-0.05, 0) is 31.2 Å². The van der Waals surface area contributed by atoms with E-state index in [0.29, 0.717) is 43.8 Å². The van der Waals surface area contributed by atoms with Gasteiger partial charge in [-0.1, -0.05) is 13.8 Å². The number of imidazole rings is 2. The second kappa shape index (κ2) is 6.40. The third-order valence-corrected chi connectivity index (χ3v) is 5.77. The van der Waals surface area contributed by atoms with Gasteiger partial charge in [0.05, 0.1) is 34.6 Å². The molecule has 0 unspecified atom stereocenters. The Kier molecular flexibility index (Phi) is 3.71. The predicted molar refractivity (Wildman–Crippen MR) is 121 cm³/mol. The molecule has 0 aliphatic rings. The standard InChI is InChI=1S/C24H18N4O4/c1-10(2)22-26-9-17(28-22)13-5-15-21-19(7-13)32-23(29)14-4-12(16-8-25-11(3)27-16)6-18(20(14)21)31-24(15)30/h4-10H,1-3H3,(H,25,27)(H,26,28). The molecule has 6 aromatic rings. The van der Waals surface area contributed by atoms with Gasteiger partial charge in [-0.3, -0.25) is 0 Å². The molecule has 0 saturated carbocycles. The van der Waals surface area contributed by atoms with Gasteiger partial charge in [0.25, 0.3) is 0 Å². The fourth-order valence-electron chi connectivity index (χ4n) is 4.19. The van der Waals surface area contributed by atoms with E-state index >= 15 is 0 Å². The second-order valence-electron chi connectivity index (χ2n) is 8.29. The Labute approximate surface area is 180 Å². The Morgan fingerprint density at radius 2 is 1.31 bits per heavy atom. The molecule has 0 spiro atoms. The quantitative estimate of drug-likeness (QED) is 0.313. The van der Waals surface area contributed by atoms with Crippen LogP contribution in [0, 0.1) is 6.92 Å². The number of aromatic nitrogens is 4. The Hall–Kier alpha value is -4.20. The SMILES string of the molecule is Cc1ncc(-c2cc3oc(=O)c4cc(-c5cnc(C(C)C)[nH]5)cc5oc(=O)c(c2)c3c54)[nH]1. The van der Waals surface area contributed by atoms with Gasteiger partial charge in [0.15, 0.2) is 0 Å². The number of aromatic amines is 2. The number of benzene rings is 2. The van der Waals surface area contributed by atoms with E-state index in [1.54, 1.807) is 36.7 Å². The van der Waals surface area contributed by atoms with Crippen LogP contribution < -0.4 is 11.3 Å². The van der Waals surface area contributed by atoms with Crippen LogP contribution in [-0.4, -0.2) is 19.9 Å². The molecule has 8 nitrogen and oxygen atoms in total. The van der Waals surface area contributed by atoms with E-state index in [0.717, 1.165) is 23.0 Å². The highest BCUT2D eigenvalue weighted by atomic mass is 16.4. The van der Waals surface area contributed by atoms with Crippen molar-refractivity contribution in [2.75, 3.05) is 0 Å². The molecule has 2 N–H and O–H groups in total. The fraction of sp³-hybridized carbons (Fsp3) is 0.167.